The first-order valence-corrected chi connectivity index (χ1v) is 9.25. The second-order valence-electron chi connectivity index (χ2n) is 5.96. The first-order valence-electron chi connectivity index (χ1n) is 7.43. The maximum Gasteiger partial charge on any atom is 0.245 e. The maximum absolute atomic E-state index is 13.0. The lowest BCUT2D eigenvalue weighted by Crippen LogP contribution is -2.38. The number of halogens is 2. The zero-order valence-corrected chi connectivity index (χ0v) is 14.7. The Hall–Kier alpha value is -0.860. The number of hydrogen-bond acceptors (Lipinski definition) is 4. The van der Waals surface area contributed by atoms with E-state index in [4.69, 9.17) is 11.6 Å². The van der Waals surface area contributed by atoms with Gasteiger partial charge in [0.1, 0.15) is 10.5 Å². The van der Waals surface area contributed by atoms with Crippen molar-refractivity contribution in [2.45, 2.75) is 36.2 Å². The molecule has 6 nitrogen and oxygen atoms in total. The molecule has 0 aromatic carbocycles. The van der Waals surface area contributed by atoms with Crippen LogP contribution in [0.2, 0.25) is 5.02 Å². The lowest BCUT2D eigenvalue weighted by Gasteiger charge is -2.23. The minimum atomic E-state index is -3.58. The van der Waals surface area contributed by atoms with Crippen LogP contribution in [0.1, 0.15) is 19.3 Å². The molecule has 4 rings (SSSR count). The Morgan fingerprint density at radius 1 is 1.26 bits per heavy atom. The molecule has 2 aromatic heterocycles. The van der Waals surface area contributed by atoms with Crippen molar-refractivity contribution in [1.29, 1.82) is 0 Å². The van der Waals surface area contributed by atoms with Crippen LogP contribution in [-0.2, 0) is 10.0 Å². The summed E-state index contributed by atoms with van der Waals surface area (Å²) in [4.78, 5) is 7.27. The van der Waals surface area contributed by atoms with Gasteiger partial charge < -0.3 is 10.3 Å². The van der Waals surface area contributed by atoms with Gasteiger partial charge in [-0.2, -0.15) is 4.31 Å². The van der Waals surface area contributed by atoms with Crippen LogP contribution in [-0.4, -0.2) is 47.9 Å². The van der Waals surface area contributed by atoms with Crippen molar-refractivity contribution < 1.29 is 8.42 Å². The van der Waals surface area contributed by atoms with Crippen molar-refractivity contribution in [3.63, 3.8) is 0 Å². The molecular formula is C14H18Cl2N4O2S. The Kier molecular flexibility index (Phi) is 4.59. The van der Waals surface area contributed by atoms with E-state index in [0.717, 1.165) is 19.3 Å². The zero-order valence-electron chi connectivity index (χ0n) is 12.3. The summed E-state index contributed by atoms with van der Waals surface area (Å²) in [5.41, 5.74) is 0.501. The summed E-state index contributed by atoms with van der Waals surface area (Å²) in [6, 6.07) is 2.31. The molecule has 2 unspecified atom stereocenters. The van der Waals surface area contributed by atoms with Gasteiger partial charge in [-0.25, -0.2) is 13.4 Å². The largest absolute Gasteiger partial charge is 0.345 e. The molecule has 0 radical (unpaired) electrons. The fourth-order valence-electron chi connectivity index (χ4n) is 3.46. The molecule has 2 aromatic rings. The second kappa shape index (κ2) is 6.22. The number of H-pyrrole nitrogens is 1. The molecule has 0 aliphatic carbocycles. The molecular weight excluding hydrogens is 359 g/mol. The highest BCUT2D eigenvalue weighted by Gasteiger charge is 2.36. The molecule has 0 amide bonds. The molecule has 2 aliphatic heterocycles. The number of hydrogen-bond donors (Lipinski definition) is 2. The normalized spacial score (nSPS) is 25.3. The Bertz CT molecular complexity index is 823. The molecule has 2 N–H and O–H groups in total. The Balaban J connectivity index is 0.00000156. The van der Waals surface area contributed by atoms with Crippen LogP contribution in [0, 0.1) is 0 Å². The van der Waals surface area contributed by atoms with E-state index in [1.54, 1.807) is 16.6 Å². The van der Waals surface area contributed by atoms with Crippen molar-refractivity contribution in [2.75, 3.05) is 13.1 Å². The highest BCUT2D eigenvalue weighted by atomic mass is 35.5. The molecule has 9 heteroatoms. The van der Waals surface area contributed by atoms with Gasteiger partial charge in [-0.15, -0.1) is 12.4 Å². The van der Waals surface area contributed by atoms with Crippen LogP contribution < -0.4 is 5.32 Å². The van der Waals surface area contributed by atoms with Crippen LogP contribution in [0.4, 0.5) is 0 Å². The molecule has 126 valence electrons. The fraction of sp³-hybridized carbons (Fsp3) is 0.500. The fourth-order valence-corrected chi connectivity index (χ4v) is 5.44. The lowest BCUT2D eigenvalue weighted by atomic mass is 10.1. The molecule has 2 saturated heterocycles. The summed E-state index contributed by atoms with van der Waals surface area (Å²) in [5.74, 6) is 0. The minimum absolute atomic E-state index is 0. The predicted octanol–water partition coefficient (Wildman–Crippen LogP) is 2.15. The molecule has 2 aliphatic rings. The first-order chi connectivity index (χ1) is 10.6. The summed E-state index contributed by atoms with van der Waals surface area (Å²) in [6.45, 7) is 1.06. The number of pyridine rings is 1. The average Bonchev–Trinajstić information content (AvgIpc) is 3.03. The highest BCUT2D eigenvalue weighted by molar-refractivity contribution is 7.89. The van der Waals surface area contributed by atoms with Crippen molar-refractivity contribution in [2.24, 2.45) is 0 Å². The number of aromatic amines is 1. The van der Waals surface area contributed by atoms with E-state index in [2.05, 4.69) is 15.3 Å². The van der Waals surface area contributed by atoms with E-state index in [-0.39, 0.29) is 23.3 Å². The third-order valence-electron chi connectivity index (χ3n) is 4.59. The van der Waals surface area contributed by atoms with Crippen LogP contribution in [0.15, 0.2) is 23.4 Å². The van der Waals surface area contributed by atoms with E-state index in [1.165, 1.54) is 6.20 Å². The number of fused-ring (bicyclic) bond motifs is 3. The molecule has 0 spiro atoms. The summed E-state index contributed by atoms with van der Waals surface area (Å²) >= 11 is 6.19. The first kappa shape index (κ1) is 17.0. The Morgan fingerprint density at radius 2 is 2.04 bits per heavy atom. The third kappa shape index (κ3) is 2.85. The SMILES string of the molecule is Cl.O=S(=O)(c1c[nH]c2nccc(Cl)c12)N1CCC2CCC(C1)N2. The van der Waals surface area contributed by atoms with Gasteiger partial charge in [0, 0.05) is 37.6 Å². The van der Waals surface area contributed by atoms with Crippen LogP contribution in [0.25, 0.3) is 11.0 Å². The highest BCUT2D eigenvalue weighted by Crippen LogP contribution is 2.32. The number of nitrogens with zero attached hydrogens (tertiary/aromatic N) is 2. The van der Waals surface area contributed by atoms with Gasteiger partial charge in [0.25, 0.3) is 0 Å². The van der Waals surface area contributed by atoms with Crippen LogP contribution >= 0.6 is 24.0 Å². The Labute approximate surface area is 146 Å². The van der Waals surface area contributed by atoms with Crippen molar-refractivity contribution in [3.8, 4) is 0 Å². The van der Waals surface area contributed by atoms with Gasteiger partial charge in [-0.05, 0) is 25.3 Å². The van der Waals surface area contributed by atoms with Gasteiger partial charge in [0.15, 0.2) is 0 Å². The molecule has 4 heterocycles. The van der Waals surface area contributed by atoms with Crippen LogP contribution in [0.5, 0.6) is 0 Å². The number of nitrogens with one attached hydrogen (secondary N) is 2. The molecule has 2 bridgehead atoms. The lowest BCUT2D eigenvalue weighted by molar-refractivity contribution is 0.384. The molecule has 2 atom stereocenters. The van der Waals surface area contributed by atoms with E-state index in [1.807, 2.05) is 0 Å². The van der Waals surface area contributed by atoms with Gasteiger partial charge in [-0.3, -0.25) is 0 Å². The second-order valence-corrected chi connectivity index (χ2v) is 8.27. The van der Waals surface area contributed by atoms with Crippen molar-refractivity contribution in [3.05, 3.63) is 23.5 Å². The van der Waals surface area contributed by atoms with E-state index >= 15 is 0 Å². The monoisotopic (exact) mass is 376 g/mol. The molecule has 23 heavy (non-hydrogen) atoms. The van der Waals surface area contributed by atoms with Gasteiger partial charge in [0.2, 0.25) is 10.0 Å². The van der Waals surface area contributed by atoms with E-state index in [9.17, 15) is 8.42 Å². The van der Waals surface area contributed by atoms with Gasteiger partial charge in [-0.1, -0.05) is 11.6 Å². The zero-order chi connectivity index (χ0) is 15.3. The van der Waals surface area contributed by atoms with Crippen LogP contribution in [0.3, 0.4) is 0 Å². The van der Waals surface area contributed by atoms with Crippen molar-refractivity contribution in [1.82, 2.24) is 19.6 Å². The predicted molar refractivity (Wildman–Crippen MR) is 91.7 cm³/mol. The standard InChI is InChI=1S/C14H17ClN4O2S.ClH/c15-11-3-5-16-14-13(11)12(7-17-14)22(20,21)19-6-4-9-1-2-10(8-19)18-9;/h3,5,7,9-10,18H,1-2,4,6,8H2,(H,16,17);1H. The van der Waals surface area contributed by atoms with E-state index in [0.29, 0.717) is 35.2 Å². The van der Waals surface area contributed by atoms with E-state index < -0.39 is 10.0 Å². The average molecular weight is 377 g/mol. The maximum atomic E-state index is 13.0. The number of aromatic nitrogens is 2. The number of sulfonamides is 1. The Morgan fingerprint density at radius 3 is 2.87 bits per heavy atom. The quantitative estimate of drug-likeness (QED) is 0.841. The molecule has 0 saturated carbocycles. The smallest absolute Gasteiger partial charge is 0.245 e. The minimum Gasteiger partial charge on any atom is -0.345 e. The summed E-state index contributed by atoms with van der Waals surface area (Å²) < 4.78 is 27.6. The summed E-state index contributed by atoms with van der Waals surface area (Å²) in [6.07, 6.45) is 6.08. The number of rotatable bonds is 2. The summed E-state index contributed by atoms with van der Waals surface area (Å²) in [5, 5.41) is 4.38. The summed E-state index contributed by atoms with van der Waals surface area (Å²) in [7, 11) is -3.58. The topological polar surface area (TPSA) is 78.1 Å². The van der Waals surface area contributed by atoms with Gasteiger partial charge >= 0.3 is 0 Å². The molecule has 2 fully saturated rings. The third-order valence-corrected chi connectivity index (χ3v) is 6.79. The van der Waals surface area contributed by atoms with Gasteiger partial charge in [0.05, 0.1) is 10.4 Å². The van der Waals surface area contributed by atoms with Crippen molar-refractivity contribution >= 4 is 45.1 Å².